The fraction of sp³-hybridized carbons (Fsp3) is 0.333. The summed E-state index contributed by atoms with van der Waals surface area (Å²) in [6, 6.07) is 13.0. The van der Waals surface area contributed by atoms with Crippen LogP contribution in [-0.2, 0) is 14.8 Å². The van der Waals surface area contributed by atoms with E-state index in [1.807, 2.05) is 44.2 Å². The Hall–Kier alpha value is -2.29. The van der Waals surface area contributed by atoms with Crippen LogP contribution in [0.2, 0.25) is 0 Å². The first-order valence-electron chi connectivity index (χ1n) is 9.58. The van der Waals surface area contributed by atoms with Crippen LogP contribution in [0.3, 0.4) is 0 Å². The van der Waals surface area contributed by atoms with Gasteiger partial charge in [0.15, 0.2) is 0 Å². The van der Waals surface area contributed by atoms with Crippen molar-refractivity contribution in [2.75, 3.05) is 18.4 Å². The van der Waals surface area contributed by atoms with E-state index in [4.69, 9.17) is 0 Å². The van der Waals surface area contributed by atoms with Gasteiger partial charge in [0.2, 0.25) is 5.91 Å². The molecule has 1 N–H and O–H groups in total. The molecule has 1 fully saturated rings. The Morgan fingerprint density at radius 3 is 2.76 bits per heavy atom. The molecule has 2 aromatic heterocycles. The molecular weight excluding hydrogens is 406 g/mol. The number of fused-ring (bicyclic) bond motifs is 1. The van der Waals surface area contributed by atoms with Crippen molar-refractivity contribution < 1.29 is 13.2 Å². The van der Waals surface area contributed by atoms with Crippen LogP contribution in [0.15, 0.2) is 46.7 Å². The van der Waals surface area contributed by atoms with Crippen LogP contribution in [0, 0.1) is 19.8 Å². The summed E-state index contributed by atoms with van der Waals surface area (Å²) >= 11 is 1.26. The summed E-state index contributed by atoms with van der Waals surface area (Å²) in [4.78, 5) is 18.5. The third-order valence-electron chi connectivity index (χ3n) is 5.18. The number of rotatable bonds is 4. The summed E-state index contributed by atoms with van der Waals surface area (Å²) < 4.78 is 27.6. The number of amides is 1. The molecule has 1 unspecified atom stereocenters. The first-order chi connectivity index (χ1) is 13.8. The molecule has 0 saturated carbocycles. The predicted octanol–water partition coefficient (Wildman–Crippen LogP) is 3.95. The number of sulfonamides is 1. The zero-order chi connectivity index (χ0) is 20.6. The average Bonchev–Trinajstić information content (AvgIpc) is 3.16. The lowest BCUT2D eigenvalue weighted by Crippen LogP contribution is -2.43. The molecule has 1 aliphatic rings. The van der Waals surface area contributed by atoms with Gasteiger partial charge in [0, 0.05) is 29.0 Å². The van der Waals surface area contributed by atoms with E-state index >= 15 is 0 Å². The van der Waals surface area contributed by atoms with Gasteiger partial charge in [0.05, 0.1) is 17.1 Å². The van der Waals surface area contributed by atoms with E-state index in [0.717, 1.165) is 21.5 Å². The number of piperidine rings is 1. The minimum atomic E-state index is -3.56. The SMILES string of the molecule is Cc1ccc2cccc(NC(=O)C3CCCN(S(=O)(=O)c4ccc(C)s4)C3)c2n1. The number of carbonyl (C=O) groups is 1. The molecule has 3 aromatic rings. The van der Waals surface area contributed by atoms with Gasteiger partial charge < -0.3 is 5.32 Å². The van der Waals surface area contributed by atoms with Gasteiger partial charge in [-0.2, -0.15) is 4.31 Å². The van der Waals surface area contributed by atoms with Gasteiger partial charge in [-0.05, 0) is 51.0 Å². The van der Waals surface area contributed by atoms with E-state index in [0.29, 0.717) is 29.3 Å². The summed E-state index contributed by atoms with van der Waals surface area (Å²) in [7, 11) is -3.56. The number of hydrogen-bond acceptors (Lipinski definition) is 5. The van der Waals surface area contributed by atoms with E-state index in [2.05, 4.69) is 10.3 Å². The highest BCUT2D eigenvalue weighted by molar-refractivity contribution is 7.91. The van der Waals surface area contributed by atoms with Crippen molar-refractivity contribution in [2.24, 2.45) is 5.92 Å². The second kappa shape index (κ2) is 7.85. The average molecular weight is 430 g/mol. The molecule has 1 aliphatic heterocycles. The smallest absolute Gasteiger partial charge is 0.252 e. The number of nitrogens with one attached hydrogen (secondary N) is 1. The Labute approximate surface area is 174 Å². The largest absolute Gasteiger partial charge is 0.324 e. The lowest BCUT2D eigenvalue weighted by molar-refractivity contribution is -0.120. The van der Waals surface area contributed by atoms with Crippen LogP contribution in [0.4, 0.5) is 5.69 Å². The fourth-order valence-corrected chi connectivity index (χ4v) is 6.59. The van der Waals surface area contributed by atoms with Crippen molar-refractivity contribution >= 4 is 43.9 Å². The molecule has 8 heteroatoms. The third-order valence-corrected chi connectivity index (χ3v) is 8.52. The van der Waals surface area contributed by atoms with Gasteiger partial charge in [-0.1, -0.05) is 18.2 Å². The number of aryl methyl sites for hydroxylation is 2. The monoisotopic (exact) mass is 429 g/mol. The highest BCUT2D eigenvalue weighted by Crippen LogP contribution is 2.29. The van der Waals surface area contributed by atoms with Gasteiger partial charge in [-0.25, -0.2) is 8.42 Å². The topological polar surface area (TPSA) is 79.4 Å². The van der Waals surface area contributed by atoms with Crippen molar-refractivity contribution in [2.45, 2.75) is 30.9 Å². The van der Waals surface area contributed by atoms with Crippen LogP contribution in [0.1, 0.15) is 23.4 Å². The summed E-state index contributed by atoms with van der Waals surface area (Å²) in [5, 5.41) is 3.93. The van der Waals surface area contributed by atoms with Gasteiger partial charge in [0.25, 0.3) is 10.0 Å². The third kappa shape index (κ3) is 4.05. The number of anilines is 1. The molecular formula is C21H23N3O3S2. The first kappa shape index (κ1) is 20.0. The zero-order valence-electron chi connectivity index (χ0n) is 16.4. The number of para-hydroxylation sites is 1. The molecule has 1 atom stereocenters. The number of carbonyl (C=O) groups excluding carboxylic acids is 1. The van der Waals surface area contributed by atoms with Crippen molar-refractivity contribution in [3.05, 3.63) is 53.0 Å². The molecule has 3 heterocycles. The Morgan fingerprint density at radius 1 is 1.17 bits per heavy atom. The van der Waals surface area contributed by atoms with Gasteiger partial charge in [-0.15, -0.1) is 11.3 Å². The van der Waals surface area contributed by atoms with Crippen molar-refractivity contribution in [3.63, 3.8) is 0 Å². The molecule has 1 saturated heterocycles. The number of aromatic nitrogens is 1. The van der Waals surface area contributed by atoms with Crippen LogP contribution in [-0.4, -0.2) is 36.7 Å². The van der Waals surface area contributed by atoms with Crippen LogP contribution < -0.4 is 5.32 Å². The minimum Gasteiger partial charge on any atom is -0.324 e. The number of pyridine rings is 1. The Balaban J connectivity index is 1.53. The predicted molar refractivity (Wildman–Crippen MR) is 116 cm³/mol. The normalized spacial score (nSPS) is 18.1. The minimum absolute atomic E-state index is 0.164. The molecule has 0 aliphatic carbocycles. The van der Waals surface area contributed by atoms with E-state index in [1.165, 1.54) is 15.6 Å². The maximum atomic E-state index is 13.0. The van der Waals surface area contributed by atoms with Gasteiger partial charge >= 0.3 is 0 Å². The van der Waals surface area contributed by atoms with Crippen LogP contribution in [0.5, 0.6) is 0 Å². The second-order valence-electron chi connectivity index (χ2n) is 7.39. The van der Waals surface area contributed by atoms with Crippen LogP contribution in [0.25, 0.3) is 10.9 Å². The van der Waals surface area contributed by atoms with E-state index in [1.54, 1.807) is 12.1 Å². The molecule has 1 amide bonds. The number of hydrogen-bond donors (Lipinski definition) is 1. The maximum Gasteiger partial charge on any atom is 0.252 e. The summed E-state index contributed by atoms with van der Waals surface area (Å²) in [6.45, 7) is 4.44. The van der Waals surface area contributed by atoms with Crippen LogP contribution >= 0.6 is 11.3 Å². The molecule has 152 valence electrons. The second-order valence-corrected chi connectivity index (χ2v) is 10.8. The molecule has 0 bridgehead atoms. The number of nitrogens with zero attached hydrogens (tertiary/aromatic N) is 2. The van der Waals surface area contributed by atoms with Crippen molar-refractivity contribution in [1.29, 1.82) is 0 Å². The molecule has 0 radical (unpaired) electrons. The standard InChI is InChI=1S/C21H23N3O3S2/c1-14-8-10-16-5-3-7-18(20(16)22-14)23-21(25)17-6-4-12-24(13-17)29(26,27)19-11-9-15(2)28-19/h3,5,7-11,17H,4,6,12-13H2,1-2H3,(H,23,25). The van der Waals surface area contributed by atoms with Gasteiger partial charge in [0.1, 0.15) is 4.21 Å². The highest BCUT2D eigenvalue weighted by atomic mass is 32.2. The zero-order valence-corrected chi connectivity index (χ0v) is 18.0. The summed E-state index contributed by atoms with van der Waals surface area (Å²) in [5.74, 6) is -0.553. The Morgan fingerprint density at radius 2 is 2.00 bits per heavy atom. The molecule has 0 spiro atoms. The van der Waals surface area contributed by atoms with Crippen molar-refractivity contribution in [1.82, 2.24) is 9.29 Å². The highest BCUT2D eigenvalue weighted by Gasteiger charge is 2.34. The first-order valence-corrected chi connectivity index (χ1v) is 11.8. The molecule has 6 nitrogen and oxygen atoms in total. The fourth-order valence-electron chi connectivity index (χ4n) is 3.63. The maximum absolute atomic E-state index is 13.0. The van der Waals surface area contributed by atoms with E-state index in [-0.39, 0.29) is 18.4 Å². The summed E-state index contributed by atoms with van der Waals surface area (Å²) in [5.41, 5.74) is 2.28. The molecule has 29 heavy (non-hydrogen) atoms. The molecule has 4 rings (SSSR count). The Kier molecular flexibility index (Phi) is 5.42. The van der Waals surface area contributed by atoms with E-state index in [9.17, 15) is 13.2 Å². The van der Waals surface area contributed by atoms with E-state index < -0.39 is 10.0 Å². The quantitative estimate of drug-likeness (QED) is 0.681. The van der Waals surface area contributed by atoms with Gasteiger partial charge in [-0.3, -0.25) is 9.78 Å². The lowest BCUT2D eigenvalue weighted by atomic mass is 9.98. The Bertz CT molecular complexity index is 1170. The number of thiophene rings is 1. The number of benzene rings is 1. The molecule has 1 aromatic carbocycles. The van der Waals surface area contributed by atoms with Crippen molar-refractivity contribution in [3.8, 4) is 0 Å². The summed E-state index contributed by atoms with van der Waals surface area (Å²) in [6.07, 6.45) is 1.33. The lowest BCUT2D eigenvalue weighted by Gasteiger charge is -2.30.